The van der Waals surface area contributed by atoms with E-state index in [9.17, 15) is 0 Å². The van der Waals surface area contributed by atoms with Crippen molar-refractivity contribution in [2.75, 3.05) is 13.2 Å². The van der Waals surface area contributed by atoms with Crippen LogP contribution in [0.1, 0.15) is 30.8 Å². The van der Waals surface area contributed by atoms with Crippen LogP contribution in [0.4, 0.5) is 0 Å². The maximum Gasteiger partial charge on any atom is 0.115 e. The highest BCUT2D eigenvalue weighted by Crippen LogP contribution is 2.26. The van der Waals surface area contributed by atoms with E-state index in [0.717, 1.165) is 36.7 Å². The highest BCUT2D eigenvalue weighted by molar-refractivity contribution is 5.22. The van der Waals surface area contributed by atoms with E-state index in [-0.39, 0.29) is 6.04 Å². The largest absolute Gasteiger partial charge is 0.496 e. The highest BCUT2D eigenvalue weighted by Gasteiger charge is 2.22. The SMILES string of the molecule is CCNC(C1=CCCO1)c1cc(C)nn1C. The van der Waals surface area contributed by atoms with Gasteiger partial charge in [0, 0.05) is 13.5 Å². The van der Waals surface area contributed by atoms with Gasteiger partial charge in [-0.3, -0.25) is 4.68 Å². The van der Waals surface area contributed by atoms with E-state index in [1.807, 2.05) is 18.7 Å². The van der Waals surface area contributed by atoms with Crippen molar-refractivity contribution in [1.29, 1.82) is 0 Å². The molecule has 4 heteroatoms. The van der Waals surface area contributed by atoms with Gasteiger partial charge in [0.25, 0.3) is 0 Å². The molecule has 16 heavy (non-hydrogen) atoms. The Balaban J connectivity index is 2.28. The minimum atomic E-state index is 0.138. The molecule has 0 saturated carbocycles. The quantitative estimate of drug-likeness (QED) is 0.841. The fourth-order valence-corrected chi connectivity index (χ4v) is 2.09. The molecule has 0 amide bonds. The zero-order valence-electron chi connectivity index (χ0n) is 10.2. The summed E-state index contributed by atoms with van der Waals surface area (Å²) in [4.78, 5) is 0. The van der Waals surface area contributed by atoms with Crippen LogP contribution in [-0.4, -0.2) is 22.9 Å². The Morgan fingerprint density at radius 3 is 2.94 bits per heavy atom. The molecule has 1 unspecified atom stereocenters. The zero-order valence-corrected chi connectivity index (χ0v) is 10.2. The van der Waals surface area contributed by atoms with Gasteiger partial charge in [-0.1, -0.05) is 6.92 Å². The van der Waals surface area contributed by atoms with Crippen molar-refractivity contribution < 1.29 is 4.74 Å². The van der Waals surface area contributed by atoms with Gasteiger partial charge in [-0.2, -0.15) is 5.10 Å². The Morgan fingerprint density at radius 2 is 2.44 bits per heavy atom. The van der Waals surface area contributed by atoms with Crippen molar-refractivity contribution >= 4 is 0 Å². The third-order valence-corrected chi connectivity index (χ3v) is 2.76. The van der Waals surface area contributed by atoms with E-state index in [0.29, 0.717) is 0 Å². The maximum atomic E-state index is 5.64. The Bertz CT molecular complexity index is 395. The molecular weight excluding hydrogens is 202 g/mol. The van der Waals surface area contributed by atoms with E-state index in [1.54, 1.807) is 0 Å². The smallest absolute Gasteiger partial charge is 0.115 e. The van der Waals surface area contributed by atoms with Gasteiger partial charge in [-0.05, 0) is 25.6 Å². The van der Waals surface area contributed by atoms with Crippen molar-refractivity contribution in [2.45, 2.75) is 26.3 Å². The van der Waals surface area contributed by atoms with Crippen LogP contribution in [0.5, 0.6) is 0 Å². The molecule has 0 aromatic carbocycles. The Morgan fingerprint density at radius 1 is 1.62 bits per heavy atom. The van der Waals surface area contributed by atoms with Gasteiger partial charge < -0.3 is 10.1 Å². The highest BCUT2D eigenvalue weighted by atomic mass is 16.5. The lowest BCUT2D eigenvalue weighted by Gasteiger charge is -2.19. The lowest BCUT2D eigenvalue weighted by atomic mass is 10.1. The number of ether oxygens (including phenoxy) is 1. The number of aryl methyl sites for hydroxylation is 2. The molecule has 1 aliphatic rings. The molecule has 0 fully saturated rings. The minimum Gasteiger partial charge on any atom is -0.496 e. The standard InChI is InChI=1S/C12H19N3O/c1-4-13-12(11-6-5-7-16-11)10-8-9(2)14-15(10)3/h6,8,12-13H,4-5,7H2,1-3H3. The number of nitrogens with one attached hydrogen (secondary N) is 1. The molecule has 1 aromatic rings. The summed E-state index contributed by atoms with van der Waals surface area (Å²) >= 11 is 0. The molecule has 1 aliphatic heterocycles. The summed E-state index contributed by atoms with van der Waals surface area (Å²) in [7, 11) is 1.97. The molecule has 0 saturated heterocycles. The monoisotopic (exact) mass is 221 g/mol. The first-order valence-electron chi connectivity index (χ1n) is 5.79. The molecule has 0 radical (unpaired) electrons. The molecule has 4 nitrogen and oxygen atoms in total. The molecule has 0 aliphatic carbocycles. The molecule has 0 bridgehead atoms. The fourth-order valence-electron chi connectivity index (χ4n) is 2.09. The number of likely N-dealkylation sites (N-methyl/N-ethyl adjacent to an activating group) is 1. The third kappa shape index (κ3) is 2.11. The number of nitrogens with zero attached hydrogens (tertiary/aromatic N) is 2. The van der Waals surface area contributed by atoms with Crippen molar-refractivity contribution in [3.8, 4) is 0 Å². The lowest BCUT2D eigenvalue weighted by molar-refractivity contribution is 0.213. The normalized spacial score (nSPS) is 17.1. The van der Waals surface area contributed by atoms with Crippen LogP contribution in [0.2, 0.25) is 0 Å². The van der Waals surface area contributed by atoms with Crippen LogP contribution in [0.15, 0.2) is 17.9 Å². The number of aromatic nitrogens is 2. The second kappa shape index (κ2) is 4.70. The summed E-state index contributed by atoms with van der Waals surface area (Å²) in [5.74, 6) is 1.03. The predicted octanol–water partition coefficient (Wildman–Crippen LogP) is 1.68. The zero-order chi connectivity index (χ0) is 11.5. The van der Waals surface area contributed by atoms with E-state index in [1.165, 1.54) is 0 Å². The van der Waals surface area contributed by atoms with Crippen molar-refractivity contribution in [3.63, 3.8) is 0 Å². The number of hydrogen-bond acceptors (Lipinski definition) is 3. The molecule has 1 N–H and O–H groups in total. The van der Waals surface area contributed by atoms with Crippen molar-refractivity contribution in [3.05, 3.63) is 29.3 Å². The summed E-state index contributed by atoms with van der Waals surface area (Å²) < 4.78 is 7.57. The van der Waals surface area contributed by atoms with Gasteiger partial charge in [-0.15, -0.1) is 0 Å². The van der Waals surface area contributed by atoms with Crippen LogP contribution in [-0.2, 0) is 11.8 Å². The van der Waals surface area contributed by atoms with Crippen LogP contribution >= 0.6 is 0 Å². The molecule has 88 valence electrons. The van der Waals surface area contributed by atoms with Gasteiger partial charge in [0.15, 0.2) is 0 Å². The molecule has 1 aromatic heterocycles. The average molecular weight is 221 g/mol. The molecule has 0 spiro atoms. The summed E-state index contributed by atoms with van der Waals surface area (Å²) in [6, 6.07) is 2.24. The van der Waals surface area contributed by atoms with Gasteiger partial charge in [0.1, 0.15) is 11.8 Å². The Labute approximate surface area is 96.3 Å². The summed E-state index contributed by atoms with van der Waals surface area (Å²) in [5, 5.41) is 7.82. The first-order valence-corrected chi connectivity index (χ1v) is 5.79. The van der Waals surface area contributed by atoms with Crippen LogP contribution in [0.3, 0.4) is 0 Å². The molecular formula is C12H19N3O. The summed E-state index contributed by atoms with van der Waals surface area (Å²) in [5.41, 5.74) is 2.20. The van der Waals surface area contributed by atoms with Crippen molar-refractivity contribution in [2.24, 2.45) is 7.05 Å². The lowest BCUT2D eigenvalue weighted by Crippen LogP contribution is -2.25. The second-order valence-corrected chi connectivity index (χ2v) is 4.07. The van der Waals surface area contributed by atoms with Gasteiger partial charge in [0.05, 0.1) is 18.0 Å². The first-order chi connectivity index (χ1) is 7.72. The van der Waals surface area contributed by atoms with E-state index in [4.69, 9.17) is 4.74 Å². The Kier molecular flexibility index (Phi) is 3.29. The van der Waals surface area contributed by atoms with Gasteiger partial charge in [0.2, 0.25) is 0 Å². The first kappa shape index (κ1) is 11.2. The van der Waals surface area contributed by atoms with Gasteiger partial charge in [-0.25, -0.2) is 0 Å². The summed E-state index contributed by atoms with van der Waals surface area (Å²) in [6.07, 6.45) is 3.17. The molecule has 2 heterocycles. The second-order valence-electron chi connectivity index (χ2n) is 4.07. The van der Waals surface area contributed by atoms with E-state index < -0.39 is 0 Å². The van der Waals surface area contributed by atoms with Crippen LogP contribution < -0.4 is 5.32 Å². The Hall–Kier alpha value is -1.29. The van der Waals surface area contributed by atoms with E-state index >= 15 is 0 Å². The van der Waals surface area contributed by atoms with Gasteiger partial charge >= 0.3 is 0 Å². The molecule has 2 rings (SSSR count). The minimum absolute atomic E-state index is 0.138. The maximum absolute atomic E-state index is 5.64. The van der Waals surface area contributed by atoms with Crippen molar-refractivity contribution in [1.82, 2.24) is 15.1 Å². The summed E-state index contributed by atoms with van der Waals surface area (Å²) in [6.45, 7) is 5.83. The van der Waals surface area contributed by atoms with E-state index in [2.05, 4.69) is 29.5 Å². The average Bonchev–Trinajstić information content (AvgIpc) is 2.85. The molecule has 1 atom stereocenters. The number of hydrogen-bond donors (Lipinski definition) is 1. The van der Waals surface area contributed by atoms with Crippen LogP contribution in [0, 0.1) is 6.92 Å². The van der Waals surface area contributed by atoms with Crippen LogP contribution in [0.25, 0.3) is 0 Å². The predicted molar refractivity (Wildman–Crippen MR) is 63.0 cm³/mol. The third-order valence-electron chi connectivity index (χ3n) is 2.76. The fraction of sp³-hybridized carbons (Fsp3) is 0.583. The topological polar surface area (TPSA) is 39.1 Å². The number of rotatable bonds is 4.